The molecule has 1 aromatic heterocycles. The Morgan fingerprint density at radius 1 is 1.33 bits per heavy atom. The molecule has 21 heavy (non-hydrogen) atoms. The van der Waals surface area contributed by atoms with E-state index in [1.54, 1.807) is 4.68 Å². The van der Waals surface area contributed by atoms with Crippen molar-refractivity contribution < 1.29 is 4.79 Å². The van der Waals surface area contributed by atoms with E-state index in [9.17, 15) is 4.79 Å². The van der Waals surface area contributed by atoms with E-state index in [1.807, 2.05) is 24.3 Å². The van der Waals surface area contributed by atoms with Gasteiger partial charge in [-0.3, -0.25) is 9.48 Å². The lowest BCUT2D eigenvalue weighted by atomic mass is 9.78. The molecule has 1 atom stereocenters. The number of hydrogen-bond acceptors (Lipinski definition) is 3. The van der Waals surface area contributed by atoms with E-state index >= 15 is 0 Å². The Labute approximate surface area is 125 Å². The number of likely N-dealkylation sites (tertiary alicyclic amines) is 1. The van der Waals surface area contributed by atoms with Crippen molar-refractivity contribution in [1.29, 1.82) is 0 Å². The number of nitrogens with zero attached hydrogens (tertiary/aromatic N) is 4. The van der Waals surface area contributed by atoms with Gasteiger partial charge in [0.15, 0.2) is 0 Å². The van der Waals surface area contributed by atoms with Crippen LogP contribution in [-0.2, 0) is 11.8 Å². The van der Waals surface area contributed by atoms with Crippen molar-refractivity contribution >= 4 is 11.6 Å². The molecule has 5 heteroatoms. The van der Waals surface area contributed by atoms with Crippen LogP contribution in [0.15, 0.2) is 12.4 Å². The second kappa shape index (κ2) is 4.83. The summed E-state index contributed by atoms with van der Waals surface area (Å²) in [7, 11) is 1.90. The highest BCUT2D eigenvalue weighted by molar-refractivity contribution is 6.00. The molecule has 2 aliphatic heterocycles. The SMILES string of the molecule is Cn1cc(N2CCC3(CCCN(CC4CC4)C3)C2=O)cn1. The summed E-state index contributed by atoms with van der Waals surface area (Å²) in [6.07, 6.45) is 9.76. The fourth-order valence-electron chi connectivity index (χ4n) is 4.04. The van der Waals surface area contributed by atoms with Gasteiger partial charge in [-0.05, 0) is 44.6 Å². The number of aromatic nitrogens is 2. The fourth-order valence-corrected chi connectivity index (χ4v) is 4.04. The van der Waals surface area contributed by atoms with Gasteiger partial charge in [-0.2, -0.15) is 5.10 Å². The van der Waals surface area contributed by atoms with Crippen LogP contribution in [0.2, 0.25) is 0 Å². The molecular formula is C16H24N4O. The third kappa shape index (κ3) is 2.37. The van der Waals surface area contributed by atoms with Gasteiger partial charge in [-0.15, -0.1) is 0 Å². The first-order chi connectivity index (χ1) is 10.2. The van der Waals surface area contributed by atoms with E-state index in [0.717, 1.165) is 37.5 Å². The molecule has 3 heterocycles. The van der Waals surface area contributed by atoms with Crippen LogP contribution in [0.1, 0.15) is 32.1 Å². The van der Waals surface area contributed by atoms with Gasteiger partial charge >= 0.3 is 0 Å². The van der Waals surface area contributed by atoms with Gasteiger partial charge in [0.25, 0.3) is 0 Å². The quantitative estimate of drug-likeness (QED) is 0.849. The Morgan fingerprint density at radius 3 is 2.90 bits per heavy atom. The zero-order valence-electron chi connectivity index (χ0n) is 12.8. The van der Waals surface area contributed by atoms with Crippen molar-refractivity contribution in [2.75, 3.05) is 31.1 Å². The van der Waals surface area contributed by atoms with Crippen LogP contribution in [0.5, 0.6) is 0 Å². The number of piperidine rings is 1. The number of carbonyl (C=O) groups excluding carboxylic acids is 1. The molecule has 1 amide bonds. The van der Waals surface area contributed by atoms with E-state index in [1.165, 1.54) is 32.4 Å². The van der Waals surface area contributed by atoms with Crippen LogP contribution in [0.3, 0.4) is 0 Å². The predicted molar refractivity (Wildman–Crippen MR) is 81.0 cm³/mol. The van der Waals surface area contributed by atoms with Crippen molar-refractivity contribution in [3.8, 4) is 0 Å². The second-order valence-electron chi connectivity index (χ2n) is 7.14. The number of rotatable bonds is 3. The van der Waals surface area contributed by atoms with E-state index in [0.29, 0.717) is 5.91 Å². The van der Waals surface area contributed by atoms with Gasteiger partial charge in [0.2, 0.25) is 5.91 Å². The summed E-state index contributed by atoms with van der Waals surface area (Å²) >= 11 is 0. The third-order valence-corrected chi connectivity index (χ3v) is 5.38. The van der Waals surface area contributed by atoms with Crippen LogP contribution < -0.4 is 4.90 Å². The van der Waals surface area contributed by atoms with Crippen LogP contribution >= 0.6 is 0 Å². The maximum atomic E-state index is 13.0. The standard InChI is InChI=1S/C16H24N4O/c1-18-11-14(9-17-18)20-8-6-16(15(20)21)5-2-7-19(12-16)10-13-3-4-13/h9,11,13H,2-8,10,12H2,1H3. The maximum absolute atomic E-state index is 13.0. The van der Waals surface area contributed by atoms with Crippen molar-refractivity contribution in [3.05, 3.63) is 12.4 Å². The van der Waals surface area contributed by atoms with Crippen molar-refractivity contribution in [2.24, 2.45) is 18.4 Å². The van der Waals surface area contributed by atoms with Crippen LogP contribution in [0.25, 0.3) is 0 Å². The van der Waals surface area contributed by atoms with Gasteiger partial charge < -0.3 is 9.80 Å². The summed E-state index contributed by atoms with van der Waals surface area (Å²) in [4.78, 5) is 17.5. The Hall–Kier alpha value is -1.36. The van der Waals surface area contributed by atoms with Gasteiger partial charge in [-0.1, -0.05) is 0 Å². The van der Waals surface area contributed by atoms with Crippen LogP contribution in [0, 0.1) is 11.3 Å². The van der Waals surface area contributed by atoms with E-state index in [2.05, 4.69) is 10.00 Å². The summed E-state index contributed by atoms with van der Waals surface area (Å²) in [5.74, 6) is 1.24. The molecule has 5 nitrogen and oxygen atoms in total. The smallest absolute Gasteiger partial charge is 0.234 e. The topological polar surface area (TPSA) is 41.4 Å². The molecule has 0 N–H and O–H groups in total. The van der Waals surface area contributed by atoms with Gasteiger partial charge in [-0.25, -0.2) is 0 Å². The van der Waals surface area contributed by atoms with Crippen LogP contribution in [-0.4, -0.2) is 46.8 Å². The molecule has 2 saturated heterocycles. The Balaban J connectivity index is 1.50. The third-order valence-electron chi connectivity index (χ3n) is 5.38. The molecular weight excluding hydrogens is 264 g/mol. The normalized spacial score (nSPS) is 30.5. The monoisotopic (exact) mass is 288 g/mol. The number of anilines is 1. The predicted octanol–water partition coefficient (Wildman–Crippen LogP) is 1.65. The Morgan fingerprint density at radius 2 is 2.19 bits per heavy atom. The lowest BCUT2D eigenvalue weighted by molar-refractivity contribution is -0.128. The summed E-state index contributed by atoms with van der Waals surface area (Å²) in [5, 5.41) is 4.20. The number of amides is 1. The molecule has 1 aromatic rings. The van der Waals surface area contributed by atoms with E-state index < -0.39 is 0 Å². The molecule has 1 spiro atoms. The Kier molecular flexibility index (Phi) is 3.06. The summed E-state index contributed by atoms with van der Waals surface area (Å²) in [6.45, 7) is 4.21. The lowest BCUT2D eigenvalue weighted by Crippen LogP contribution is -2.48. The minimum absolute atomic E-state index is 0.122. The summed E-state index contributed by atoms with van der Waals surface area (Å²) in [6, 6.07) is 0. The second-order valence-corrected chi connectivity index (χ2v) is 7.14. The molecule has 114 valence electrons. The van der Waals surface area contributed by atoms with Crippen LogP contribution in [0.4, 0.5) is 5.69 Å². The summed E-state index contributed by atoms with van der Waals surface area (Å²) < 4.78 is 1.77. The van der Waals surface area contributed by atoms with Crippen molar-refractivity contribution in [3.63, 3.8) is 0 Å². The van der Waals surface area contributed by atoms with Gasteiger partial charge in [0, 0.05) is 32.9 Å². The molecule has 0 bridgehead atoms. The largest absolute Gasteiger partial charge is 0.309 e. The zero-order valence-corrected chi connectivity index (χ0v) is 12.8. The highest BCUT2D eigenvalue weighted by Crippen LogP contribution is 2.42. The highest BCUT2D eigenvalue weighted by atomic mass is 16.2. The molecule has 0 radical (unpaired) electrons. The van der Waals surface area contributed by atoms with Crippen molar-refractivity contribution in [2.45, 2.75) is 32.1 Å². The maximum Gasteiger partial charge on any atom is 0.234 e. The minimum atomic E-state index is -0.122. The molecule has 3 aliphatic rings. The minimum Gasteiger partial charge on any atom is -0.309 e. The number of carbonyl (C=O) groups is 1. The fraction of sp³-hybridized carbons (Fsp3) is 0.750. The summed E-state index contributed by atoms with van der Waals surface area (Å²) in [5.41, 5.74) is 0.835. The molecule has 0 aromatic carbocycles. The molecule has 1 saturated carbocycles. The molecule has 1 unspecified atom stereocenters. The van der Waals surface area contributed by atoms with Crippen molar-refractivity contribution in [1.82, 2.24) is 14.7 Å². The average Bonchev–Trinajstić information content (AvgIpc) is 3.10. The number of aryl methyl sites for hydroxylation is 1. The highest BCUT2D eigenvalue weighted by Gasteiger charge is 2.49. The molecule has 4 rings (SSSR count). The number of hydrogen-bond donors (Lipinski definition) is 0. The van der Waals surface area contributed by atoms with E-state index in [-0.39, 0.29) is 5.41 Å². The van der Waals surface area contributed by atoms with Gasteiger partial charge in [0.05, 0.1) is 17.3 Å². The first kappa shape index (κ1) is 13.3. The first-order valence-electron chi connectivity index (χ1n) is 8.19. The Bertz CT molecular complexity index is 550. The van der Waals surface area contributed by atoms with Gasteiger partial charge in [0.1, 0.15) is 0 Å². The molecule has 1 aliphatic carbocycles. The zero-order chi connectivity index (χ0) is 14.4. The lowest BCUT2D eigenvalue weighted by Gasteiger charge is -2.39. The molecule has 3 fully saturated rings. The average molecular weight is 288 g/mol. The first-order valence-corrected chi connectivity index (χ1v) is 8.19. The van der Waals surface area contributed by atoms with E-state index in [4.69, 9.17) is 0 Å².